The van der Waals surface area contributed by atoms with Crippen molar-refractivity contribution in [3.05, 3.63) is 0 Å². The van der Waals surface area contributed by atoms with Gasteiger partial charge >= 0.3 is 103 Å². The second-order valence-corrected chi connectivity index (χ2v) is 11.3. The molecule has 4 saturated carbocycles. The van der Waals surface area contributed by atoms with E-state index < -0.39 is 34.0 Å². The molecule has 4 bridgehead atoms. The van der Waals surface area contributed by atoms with Crippen LogP contribution in [0.1, 0.15) is 80.1 Å². The fourth-order valence-electron chi connectivity index (χ4n) is 7.17. The molecule has 2 N–H and O–H groups in total. The maximum Gasteiger partial charge on any atom is 1.00 e. The number of fused-ring (bicyclic) bond motifs is 4. The Hall–Kier alpha value is 2.13. The molecule has 160 valence electrons. The van der Waals surface area contributed by atoms with Gasteiger partial charge in [-0.25, -0.2) is 0 Å². The number of hydrogen-bond donors (Lipinski definition) is 2. The molecule has 6 unspecified atom stereocenters. The summed E-state index contributed by atoms with van der Waals surface area (Å²) in [6.45, 7) is 12.0. The molecule has 4 aliphatic rings. The third-order valence-corrected chi connectivity index (χ3v) is 10.5. The van der Waals surface area contributed by atoms with Crippen LogP contribution >= 0.6 is 0 Å². The van der Waals surface area contributed by atoms with E-state index in [1.807, 2.05) is 13.8 Å². The van der Waals surface area contributed by atoms with E-state index >= 15 is 0 Å². The standard InChI is InChI=1S/2C11H18O3.2K/c2*1-9(2)7-4-5-10(9,3)11(14,6-7)8(12)13;;/h2*7,14H,4-6H2,1-3H3,(H,12,13);;/q;;2*+1/p-2. The van der Waals surface area contributed by atoms with Gasteiger partial charge in [0.05, 0.1) is 11.9 Å². The number of aliphatic carboxylic acids is 2. The van der Waals surface area contributed by atoms with Crippen LogP contribution in [0.25, 0.3) is 0 Å². The molecule has 30 heavy (non-hydrogen) atoms. The Morgan fingerprint density at radius 3 is 1.07 bits per heavy atom. The summed E-state index contributed by atoms with van der Waals surface area (Å²) in [6, 6.07) is 0. The topological polar surface area (TPSA) is 121 Å². The molecule has 0 saturated heterocycles. The normalized spacial score (nSPS) is 46.3. The summed E-state index contributed by atoms with van der Waals surface area (Å²) in [6.07, 6.45) is 4.35. The first-order chi connectivity index (χ1) is 12.5. The monoisotopic (exact) mass is 472 g/mol. The van der Waals surface area contributed by atoms with Crippen LogP contribution in [0.3, 0.4) is 0 Å². The van der Waals surface area contributed by atoms with Crippen LogP contribution in [-0.2, 0) is 9.59 Å². The number of aliphatic hydroxyl groups is 2. The molecular weight excluding hydrogens is 438 g/mol. The predicted molar refractivity (Wildman–Crippen MR) is 98.4 cm³/mol. The summed E-state index contributed by atoms with van der Waals surface area (Å²) in [7, 11) is 0. The molecule has 0 aliphatic heterocycles. The third-order valence-electron chi connectivity index (χ3n) is 10.5. The van der Waals surface area contributed by atoms with Crippen molar-refractivity contribution in [3.8, 4) is 0 Å². The Morgan fingerprint density at radius 2 is 0.967 bits per heavy atom. The Bertz CT molecular complexity index is 664. The van der Waals surface area contributed by atoms with Crippen molar-refractivity contribution in [2.24, 2.45) is 33.5 Å². The van der Waals surface area contributed by atoms with Gasteiger partial charge in [0.1, 0.15) is 11.2 Å². The number of carboxylic acids is 2. The molecule has 8 heteroatoms. The fourth-order valence-corrected chi connectivity index (χ4v) is 7.17. The number of rotatable bonds is 2. The molecule has 0 aromatic rings. The summed E-state index contributed by atoms with van der Waals surface area (Å²) in [5, 5.41) is 42.5. The van der Waals surface area contributed by atoms with E-state index in [2.05, 4.69) is 27.7 Å². The minimum absolute atomic E-state index is 0. The SMILES string of the molecule is CC1(C)C2CCC1(C)C(O)(C(=O)[O-])C2.CC1(C)C2CCC1(C)C(O)(C(=O)[O-])C2.[K+].[K+]. The zero-order valence-corrected chi connectivity index (χ0v) is 26.2. The number of hydrogen-bond acceptors (Lipinski definition) is 6. The minimum Gasteiger partial charge on any atom is -0.547 e. The van der Waals surface area contributed by atoms with Crippen molar-refractivity contribution in [3.63, 3.8) is 0 Å². The van der Waals surface area contributed by atoms with E-state index in [4.69, 9.17) is 0 Å². The number of carbonyl (C=O) groups excluding carboxylic acids is 2. The van der Waals surface area contributed by atoms with Gasteiger partial charge in [0.15, 0.2) is 0 Å². The summed E-state index contributed by atoms with van der Waals surface area (Å²) in [4.78, 5) is 22.1. The van der Waals surface area contributed by atoms with Gasteiger partial charge in [0.2, 0.25) is 0 Å². The van der Waals surface area contributed by atoms with Crippen molar-refractivity contribution < 1.29 is 133 Å². The van der Waals surface area contributed by atoms with E-state index in [0.717, 1.165) is 25.7 Å². The molecule has 0 aromatic heterocycles. The molecule has 4 fully saturated rings. The smallest absolute Gasteiger partial charge is 0.547 e. The third kappa shape index (κ3) is 3.61. The average Bonchev–Trinajstić information content (AvgIpc) is 3.06. The van der Waals surface area contributed by atoms with E-state index in [-0.39, 0.29) is 114 Å². The molecule has 0 spiro atoms. The van der Waals surface area contributed by atoms with Gasteiger partial charge in [-0.15, -0.1) is 0 Å². The van der Waals surface area contributed by atoms with Crippen LogP contribution in [-0.4, -0.2) is 33.4 Å². The molecule has 0 radical (unpaired) electrons. The zero-order valence-electron chi connectivity index (χ0n) is 19.9. The van der Waals surface area contributed by atoms with Gasteiger partial charge in [-0.2, -0.15) is 0 Å². The summed E-state index contributed by atoms with van der Waals surface area (Å²) in [5.74, 6) is -1.96. The Morgan fingerprint density at radius 1 is 0.700 bits per heavy atom. The summed E-state index contributed by atoms with van der Waals surface area (Å²) in [5.41, 5.74) is -4.46. The van der Waals surface area contributed by atoms with Crippen LogP contribution in [0.15, 0.2) is 0 Å². The Labute approximate surface area is 265 Å². The van der Waals surface area contributed by atoms with Gasteiger partial charge in [0, 0.05) is 10.8 Å². The first kappa shape index (κ1) is 30.2. The van der Waals surface area contributed by atoms with Crippen molar-refractivity contribution in [1.29, 1.82) is 0 Å². The predicted octanol–water partition coefficient (Wildman–Crippen LogP) is -5.36. The number of carboxylic acid groups (broad SMARTS) is 2. The summed E-state index contributed by atoms with van der Waals surface area (Å²) < 4.78 is 0. The maximum atomic E-state index is 11.0. The van der Waals surface area contributed by atoms with Gasteiger partial charge in [0.25, 0.3) is 0 Å². The second-order valence-electron chi connectivity index (χ2n) is 11.3. The molecule has 6 atom stereocenters. The fraction of sp³-hybridized carbons (Fsp3) is 0.909. The van der Waals surface area contributed by atoms with Crippen LogP contribution in [0.4, 0.5) is 0 Å². The van der Waals surface area contributed by atoms with E-state index in [1.165, 1.54) is 0 Å². The van der Waals surface area contributed by atoms with Crippen molar-refractivity contribution in [1.82, 2.24) is 0 Å². The van der Waals surface area contributed by atoms with Crippen LogP contribution < -0.4 is 113 Å². The molecule has 4 rings (SSSR count). The average molecular weight is 473 g/mol. The van der Waals surface area contributed by atoms with Crippen molar-refractivity contribution >= 4 is 11.9 Å². The molecule has 0 amide bonds. The van der Waals surface area contributed by atoms with E-state index in [9.17, 15) is 30.0 Å². The van der Waals surface area contributed by atoms with Crippen LogP contribution in [0.2, 0.25) is 0 Å². The molecule has 6 nitrogen and oxygen atoms in total. The second kappa shape index (κ2) is 8.97. The minimum atomic E-state index is -1.61. The molecule has 0 aromatic carbocycles. The molecular formula is C22H34K2O6. The van der Waals surface area contributed by atoms with Gasteiger partial charge < -0.3 is 30.0 Å². The largest absolute Gasteiger partial charge is 1.00 e. The van der Waals surface area contributed by atoms with Crippen molar-refractivity contribution in [2.75, 3.05) is 0 Å². The van der Waals surface area contributed by atoms with Gasteiger partial charge in [-0.05, 0) is 61.2 Å². The first-order valence-electron chi connectivity index (χ1n) is 10.4. The van der Waals surface area contributed by atoms with Gasteiger partial charge in [-0.1, -0.05) is 41.5 Å². The van der Waals surface area contributed by atoms with E-state index in [0.29, 0.717) is 24.7 Å². The Kier molecular flexibility index (Phi) is 9.02. The molecule has 0 heterocycles. The Balaban J connectivity index is 0.000000281. The van der Waals surface area contributed by atoms with Gasteiger partial charge in [-0.3, -0.25) is 0 Å². The number of carbonyl (C=O) groups is 2. The maximum absolute atomic E-state index is 11.0. The van der Waals surface area contributed by atoms with Crippen molar-refractivity contribution in [2.45, 2.75) is 91.3 Å². The molecule has 4 aliphatic carbocycles. The van der Waals surface area contributed by atoms with Crippen LogP contribution in [0, 0.1) is 33.5 Å². The summed E-state index contributed by atoms with van der Waals surface area (Å²) >= 11 is 0. The van der Waals surface area contributed by atoms with E-state index in [1.54, 1.807) is 0 Å². The first-order valence-corrected chi connectivity index (χ1v) is 10.4. The quantitative estimate of drug-likeness (QED) is 0.387. The van der Waals surface area contributed by atoms with Crippen LogP contribution in [0.5, 0.6) is 0 Å². The zero-order chi connectivity index (χ0) is 21.6.